The number of hydrogen-bond acceptors (Lipinski definition) is 5. The third-order valence-electron chi connectivity index (χ3n) is 6.92. The predicted octanol–water partition coefficient (Wildman–Crippen LogP) is 1.84. The number of halogens is 3. The maximum Gasteiger partial charge on any atom is 0.390 e. The van der Waals surface area contributed by atoms with Crippen molar-refractivity contribution in [3.8, 4) is 0 Å². The third-order valence-corrected chi connectivity index (χ3v) is 6.92. The molecule has 1 aromatic rings. The van der Waals surface area contributed by atoms with E-state index >= 15 is 0 Å². The van der Waals surface area contributed by atoms with Gasteiger partial charge in [0.15, 0.2) is 0 Å². The molecule has 0 saturated carbocycles. The normalized spacial score (nSPS) is 30.5. The topological polar surface area (TPSA) is 65.0 Å². The molecule has 3 aliphatic rings. The van der Waals surface area contributed by atoms with E-state index in [2.05, 4.69) is 10.2 Å². The largest absolute Gasteiger partial charge is 0.390 e. The van der Waals surface area contributed by atoms with Crippen LogP contribution in [-0.4, -0.2) is 78.1 Å². The second-order valence-electron chi connectivity index (χ2n) is 8.49. The molecule has 2 unspecified atom stereocenters. The van der Waals surface area contributed by atoms with Crippen molar-refractivity contribution in [2.45, 2.75) is 49.0 Å². The van der Waals surface area contributed by atoms with Gasteiger partial charge in [0.1, 0.15) is 11.1 Å². The fraction of sp³-hybridized carbons (Fsp3) is 0.667. The SMILES string of the molecule is O=C1NCN(CCC(F)(F)F)C12CCN(C1COCCC1(O)c1ccccc1)CC2. The van der Waals surface area contributed by atoms with Gasteiger partial charge in [-0.2, -0.15) is 13.2 Å². The Labute approximate surface area is 174 Å². The van der Waals surface area contributed by atoms with Crippen molar-refractivity contribution in [2.24, 2.45) is 0 Å². The highest BCUT2D eigenvalue weighted by atomic mass is 19.4. The average Bonchev–Trinajstić information content (AvgIpc) is 3.03. The molecule has 166 valence electrons. The van der Waals surface area contributed by atoms with Gasteiger partial charge in [-0.15, -0.1) is 0 Å². The van der Waals surface area contributed by atoms with Crippen molar-refractivity contribution >= 4 is 5.91 Å². The van der Waals surface area contributed by atoms with Crippen LogP contribution >= 0.6 is 0 Å². The summed E-state index contributed by atoms with van der Waals surface area (Å²) in [6.07, 6.45) is -3.85. The van der Waals surface area contributed by atoms with Gasteiger partial charge in [-0.1, -0.05) is 30.3 Å². The number of nitrogens with one attached hydrogen (secondary N) is 1. The molecule has 0 aliphatic carbocycles. The number of piperidine rings is 1. The lowest BCUT2D eigenvalue weighted by Crippen LogP contribution is -2.63. The molecule has 3 saturated heterocycles. The number of aliphatic hydroxyl groups is 1. The summed E-state index contributed by atoms with van der Waals surface area (Å²) in [4.78, 5) is 16.4. The van der Waals surface area contributed by atoms with E-state index in [0.29, 0.717) is 45.6 Å². The second-order valence-corrected chi connectivity index (χ2v) is 8.49. The van der Waals surface area contributed by atoms with Crippen molar-refractivity contribution in [2.75, 3.05) is 39.5 Å². The number of benzene rings is 1. The maximum absolute atomic E-state index is 12.7. The first kappa shape index (κ1) is 21.5. The zero-order valence-corrected chi connectivity index (χ0v) is 16.8. The molecule has 2 atom stereocenters. The smallest absolute Gasteiger partial charge is 0.383 e. The standard InChI is InChI=1S/C21H28F3N3O3/c22-21(23,24)8-12-27-15-25-18(28)19(27)6-10-26(11-7-19)17-14-30-13-9-20(17,29)16-4-2-1-3-5-16/h1-5,17,29H,6-15H2,(H,25,28). The van der Waals surface area contributed by atoms with Gasteiger partial charge in [0.2, 0.25) is 5.91 Å². The van der Waals surface area contributed by atoms with Crippen molar-refractivity contribution in [1.29, 1.82) is 0 Å². The van der Waals surface area contributed by atoms with Crippen molar-refractivity contribution < 1.29 is 27.8 Å². The number of ether oxygens (including phenoxy) is 1. The van der Waals surface area contributed by atoms with E-state index in [9.17, 15) is 23.1 Å². The zero-order chi connectivity index (χ0) is 21.4. The second kappa shape index (κ2) is 8.11. The van der Waals surface area contributed by atoms with E-state index in [1.54, 1.807) is 4.90 Å². The fourth-order valence-corrected chi connectivity index (χ4v) is 5.13. The number of amides is 1. The molecule has 4 rings (SSSR count). The van der Waals surface area contributed by atoms with Crippen LogP contribution in [0.25, 0.3) is 0 Å². The monoisotopic (exact) mass is 427 g/mol. The van der Waals surface area contributed by atoms with Crippen molar-refractivity contribution in [1.82, 2.24) is 15.1 Å². The molecular formula is C21H28F3N3O3. The van der Waals surface area contributed by atoms with Crippen LogP contribution in [0.1, 0.15) is 31.2 Å². The van der Waals surface area contributed by atoms with Crippen molar-refractivity contribution in [3.05, 3.63) is 35.9 Å². The quantitative estimate of drug-likeness (QED) is 0.768. The number of hydrogen-bond donors (Lipinski definition) is 2. The predicted molar refractivity (Wildman–Crippen MR) is 103 cm³/mol. The lowest BCUT2D eigenvalue weighted by molar-refractivity contribution is -0.154. The van der Waals surface area contributed by atoms with Crippen LogP contribution < -0.4 is 5.32 Å². The molecule has 3 aliphatic heterocycles. The lowest BCUT2D eigenvalue weighted by Gasteiger charge is -2.50. The van der Waals surface area contributed by atoms with Gasteiger partial charge in [-0.25, -0.2) is 0 Å². The fourth-order valence-electron chi connectivity index (χ4n) is 5.13. The first-order valence-corrected chi connectivity index (χ1v) is 10.4. The minimum atomic E-state index is -4.25. The molecule has 2 N–H and O–H groups in total. The summed E-state index contributed by atoms with van der Waals surface area (Å²) in [7, 11) is 0. The minimum Gasteiger partial charge on any atom is -0.383 e. The summed E-state index contributed by atoms with van der Waals surface area (Å²) in [5.41, 5.74) is -1.12. The van der Waals surface area contributed by atoms with Crippen LogP contribution in [0.2, 0.25) is 0 Å². The van der Waals surface area contributed by atoms with Gasteiger partial charge in [0.25, 0.3) is 0 Å². The highest BCUT2D eigenvalue weighted by Gasteiger charge is 2.53. The van der Waals surface area contributed by atoms with Gasteiger partial charge in [-0.3, -0.25) is 14.6 Å². The van der Waals surface area contributed by atoms with Crippen LogP contribution in [0.15, 0.2) is 30.3 Å². The first-order valence-electron chi connectivity index (χ1n) is 10.4. The molecule has 0 bridgehead atoms. The lowest BCUT2D eigenvalue weighted by atomic mass is 9.79. The number of nitrogens with zero attached hydrogens (tertiary/aromatic N) is 2. The first-order chi connectivity index (χ1) is 14.2. The summed E-state index contributed by atoms with van der Waals surface area (Å²) in [5.74, 6) is -0.192. The zero-order valence-electron chi connectivity index (χ0n) is 16.8. The number of rotatable bonds is 4. The van der Waals surface area contributed by atoms with E-state index in [0.717, 1.165) is 5.56 Å². The van der Waals surface area contributed by atoms with Crippen LogP contribution in [0, 0.1) is 0 Å². The molecule has 1 amide bonds. The molecule has 6 nitrogen and oxygen atoms in total. The van der Waals surface area contributed by atoms with E-state index in [1.807, 2.05) is 30.3 Å². The molecule has 0 radical (unpaired) electrons. The Hall–Kier alpha value is -1.68. The number of carbonyl (C=O) groups excluding carboxylic acids is 1. The molecule has 9 heteroatoms. The van der Waals surface area contributed by atoms with Gasteiger partial charge in [0, 0.05) is 32.7 Å². The number of likely N-dealkylation sites (tertiary alicyclic amines) is 1. The van der Waals surface area contributed by atoms with Gasteiger partial charge >= 0.3 is 6.18 Å². The van der Waals surface area contributed by atoms with Crippen LogP contribution in [-0.2, 0) is 15.1 Å². The Morgan fingerprint density at radius 2 is 1.87 bits per heavy atom. The summed E-state index contributed by atoms with van der Waals surface area (Å²) in [6.45, 7) is 1.83. The van der Waals surface area contributed by atoms with Gasteiger partial charge in [-0.05, 0) is 18.4 Å². The summed E-state index contributed by atoms with van der Waals surface area (Å²) >= 11 is 0. The number of alkyl halides is 3. The van der Waals surface area contributed by atoms with Gasteiger partial charge in [0.05, 0.1) is 25.7 Å². The average molecular weight is 427 g/mol. The highest BCUT2D eigenvalue weighted by molar-refractivity contribution is 5.88. The molecular weight excluding hydrogens is 399 g/mol. The Kier molecular flexibility index (Phi) is 5.82. The van der Waals surface area contributed by atoms with E-state index in [-0.39, 0.29) is 25.2 Å². The van der Waals surface area contributed by atoms with E-state index < -0.39 is 23.7 Å². The summed E-state index contributed by atoms with van der Waals surface area (Å²) in [5, 5.41) is 14.3. The van der Waals surface area contributed by atoms with E-state index in [1.165, 1.54) is 0 Å². The minimum absolute atomic E-state index is 0.148. The Morgan fingerprint density at radius 3 is 2.53 bits per heavy atom. The van der Waals surface area contributed by atoms with Crippen LogP contribution in [0.5, 0.6) is 0 Å². The van der Waals surface area contributed by atoms with Crippen LogP contribution in [0.3, 0.4) is 0 Å². The van der Waals surface area contributed by atoms with Crippen molar-refractivity contribution in [3.63, 3.8) is 0 Å². The molecule has 0 aromatic heterocycles. The molecule has 1 aromatic carbocycles. The molecule has 30 heavy (non-hydrogen) atoms. The molecule has 1 spiro atoms. The summed E-state index contributed by atoms with van der Waals surface area (Å²) < 4.78 is 43.9. The maximum atomic E-state index is 12.7. The Balaban J connectivity index is 1.48. The Morgan fingerprint density at radius 1 is 1.17 bits per heavy atom. The number of carbonyl (C=O) groups is 1. The van der Waals surface area contributed by atoms with E-state index in [4.69, 9.17) is 4.74 Å². The van der Waals surface area contributed by atoms with Gasteiger partial charge < -0.3 is 15.2 Å². The molecule has 3 fully saturated rings. The summed E-state index contributed by atoms with van der Waals surface area (Å²) in [6, 6.07) is 9.25. The third kappa shape index (κ3) is 3.95. The Bertz CT molecular complexity index is 753. The highest BCUT2D eigenvalue weighted by Crippen LogP contribution is 2.39. The van der Waals surface area contributed by atoms with Crippen LogP contribution in [0.4, 0.5) is 13.2 Å². The molecule has 3 heterocycles.